The summed E-state index contributed by atoms with van der Waals surface area (Å²) >= 11 is 0. The van der Waals surface area contributed by atoms with Gasteiger partial charge in [-0.05, 0) is 68.6 Å². The fourth-order valence-electron chi connectivity index (χ4n) is 5.33. The summed E-state index contributed by atoms with van der Waals surface area (Å²) in [6.45, 7) is 2.80. The summed E-state index contributed by atoms with van der Waals surface area (Å²) in [6.07, 6.45) is 7.37. The molecule has 0 radical (unpaired) electrons. The number of amides is 1. The zero-order chi connectivity index (χ0) is 13.6. The van der Waals surface area contributed by atoms with E-state index in [0.29, 0.717) is 12.6 Å². The van der Waals surface area contributed by atoms with Crippen molar-refractivity contribution in [2.75, 3.05) is 20.6 Å². The number of carbonyl (C=O) groups excluding carboxylic acids is 1. The van der Waals surface area contributed by atoms with Crippen LogP contribution in [0.3, 0.4) is 0 Å². The van der Waals surface area contributed by atoms with Crippen LogP contribution in [0.2, 0.25) is 0 Å². The highest BCUT2D eigenvalue weighted by Gasteiger charge is 2.49. The summed E-state index contributed by atoms with van der Waals surface area (Å²) in [6, 6.07) is 0.499. The molecule has 1 N–H and O–H groups in total. The number of nitrogens with one attached hydrogen (secondary N) is 1. The Balaban J connectivity index is 1.58. The molecule has 0 aliphatic heterocycles. The summed E-state index contributed by atoms with van der Waals surface area (Å²) in [5.41, 5.74) is 0. The zero-order valence-electron chi connectivity index (χ0n) is 12.6. The van der Waals surface area contributed by atoms with Crippen molar-refractivity contribution in [2.45, 2.75) is 45.1 Å². The molecular formula is C16H28N2O. The molecule has 4 aliphatic rings. The van der Waals surface area contributed by atoms with E-state index in [1.165, 1.54) is 32.1 Å². The largest absolute Gasteiger partial charge is 0.348 e. The van der Waals surface area contributed by atoms with E-state index in [0.717, 1.165) is 29.6 Å². The molecule has 3 heteroatoms. The maximum atomic E-state index is 11.7. The van der Waals surface area contributed by atoms with Gasteiger partial charge in [0.2, 0.25) is 5.91 Å². The van der Waals surface area contributed by atoms with Crippen molar-refractivity contribution in [3.8, 4) is 0 Å². The van der Waals surface area contributed by atoms with E-state index in [4.69, 9.17) is 0 Å². The van der Waals surface area contributed by atoms with Gasteiger partial charge in [-0.2, -0.15) is 0 Å². The van der Waals surface area contributed by atoms with Crippen LogP contribution in [0.5, 0.6) is 0 Å². The van der Waals surface area contributed by atoms with Crippen molar-refractivity contribution in [1.29, 1.82) is 0 Å². The van der Waals surface area contributed by atoms with Gasteiger partial charge >= 0.3 is 0 Å². The average Bonchev–Trinajstić information content (AvgIpc) is 2.34. The molecule has 0 spiro atoms. The van der Waals surface area contributed by atoms with Crippen LogP contribution in [-0.2, 0) is 4.79 Å². The Bertz CT molecular complexity index is 325. The van der Waals surface area contributed by atoms with Crippen LogP contribution in [0.15, 0.2) is 0 Å². The number of nitrogens with zero attached hydrogens (tertiary/aromatic N) is 1. The van der Waals surface area contributed by atoms with Gasteiger partial charge in [0.25, 0.3) is 0 Å². The fourth-order valence-corrected chi connectivity index (χ4v) is 5.33. The highest BCUT2D eigenvalue weighted by molar-refractivity contribution is 5.77. The molecule has 4 rings (SSSR count). The first kappa shape index (κ1) is 13.4. The second-order valence-electron chi connectivity index (χ2n) is 7.47. The number of hydrogen-bond donors (Lipinski definition) is 1. The first-order chi connectivity index (χ1) is 9.04. The van der Waals surface area contributed by atoms with Crippen molar-refractivity contribution in [2.24, 2.45) is 29.6 Å². The van der Waals surface area contributed by atoms with Gasteiger partial charge in [-0.15, -0.1) is 0 Å². The van der Waals surface area contributed by atoms with Crippen molar-refractivity contribution < 1.29 is 4.79 Å². The standard InChI is InChI=1S/C16H28N2O/c1-10(17-9-15(19)18(2)3)16-13-5-11-4-12(7-13)8-14(16)6-11/h10-14,16-17H,4-9H2,1-3H3. The minimum absolute atomic E-state index is 0.190. The molecule has 108 valence electrons. The third-order valence-corrected chi connectivity index (χ3v) is 5.95. The number of carbonyl (C=O) groups is 1. The highest BCUT2D eigenvalue weighted by Crippen LogP contribution is 2.57. The maximum absolute atomic E-state index is 11.7. The van der Waals surface area contributed by atoms with E-state index in [2.05, 4.69) is 12.2 Å². The third-order valence-electron chi connectivity index (χ3n) is 5.95. The molecule has 0 saturated heterocycles. The van der Waals surface area contributed by atoms with Crippen LogP contribution in [0, 0.1) is 29.6 Å². The zero-order valence-corrected chi connectivity index (χ0v) is 12.6. The van der Waals surface area contributed by atoms with Gasteiger partial charge in [-0.25, -0.2) is 0 Å². The van der Waals surface area contributed by atoms with Gasteiger partial charge < -0.3 is 10.2 Å². The maximum Gasteiger partial charge on any atom is 0.236 e. The van der Waals surface area contributed by atoms with Crippen molar-refractivity contribution in [1.82, 2.24) is 10.2 Å². The molecule has 0 aromatic rings. The van der Waals surface area contributed by atoms with E-state index in [-0.39, 0.29) is 5.91 Å². The summed E-state index contributed by atoms with van der Waals surface area (Å²) in [5.74, 6) is 4.96. The fraction of sp³-hybridized carbons (Fsp3) is 0.938. The molecule has 1 amide bonds. The number of likely N-dealkylation sites (N-methyl/N-ethyl adjacent to an activating group) is 1. The predicted molar refractivity (Wildman–Crippen MR) is 76.7 cm³/mol. The Morgan fingerprint density at radius 3 is 2.11 bits per heavy atom. The lowest BCUT2D eigenvalue weighted by Crippen LogP contribution is -2.53. The van der Waals surface area contributed by atoms with E-state index in [1.807, 2.05) is 14.1 Å². The van der Waals surface area contributed by atoms with Crippen molar-refractivity contribution in [3.05, 3.63) is 0 Å². The van der Waals surface area contributed by atoms with Gasteiger partial charge in [0, 0.05) is 20.1 Å². The molecule has 3 nitrogen and oxygen atoms in total. The summed E-state index contributed by atoms with van der Waals surface area (Å²) in [7, 11) is 3.66. The van der Waals surface area contributed by atoms with Crippen LogP contribution >= 0.6 is 0 Å². The van der Waals surface area contributed by atoms with Crippen LogP contribution in [0.25, 0.3) is 0 Å². The Labute approximate surface area is 117 Å². The second kappa shape index (κ2) is 5.08. The number of rotatable bonds is 4. The van der Waals surface area contributed by atoms with Crippen molar-refractivity contribution >= 4 is 5.91 Å². The van der Waals surface area contributed by atoms with E-state index in [1.54, 1.807) is 4.90 Å². The Morgan fingerprint density at radius 2 is 1.63 bits per heavy atom. The summed E-state index contributed by atoms with van der Waals surface area (Å²) < 4.78 is 0. The molecule has 1 atom stereocenters. The normalized spacial score (nSPS) is 41.3. The molecule has 1 unspecified atom stereocenters. The number of hydrogen-bond acceptors (Lipinski definition) is 2. The molecular weight excluding hydrogens is 236 g/mol. The molecule has 4 bridgehead atoms. The molecule has 0 aromatic carbocycles. The quantitative estimate of drug-likeness (QED) is 0.843. The highest BCUT2D eigenvalue weighted by atomic mass is 16.2. The van der Waals surface area contributed by atoms with Crippen LogP contribution in [-0.4, -0.2) is 37.5 Å². The molecule has 4 saturated carbocycles. The first-order valence-corrected chi connectivity index (χ1v) is 7.98. The van der Waals surface area contributed by atoms with Gasteiger partial charge in [-0.1, -0.05) is 0 Å². The predicted octanol–water partition coefficient (Wildman–Crippen LogP) is 2.12. The van der Waals surface area contributed by atoms with Gasteiger partial charge in [0.1, 0.15) is 0 Å². The van der Waals surface area contributed by atoms with E-state index >= 15 is 0 Å². The molecule has 19 heavy (non-hydrogen) atoms. The summed E-state index contributed by atoms with van der Waals surface area (Å²) in [4.78, 5) is 13.4. The smallest absolute Gasteiger partial charge is 0.236 e. The average molecular weight is 264 g/mol. The van der Waals surface area contributed by atoms with Gasteiger partial charge in [0.15, 0.2) is 0 Å². The van der Waals surface area contributed by atoms with Gasteiger partial charge in [0.05, 0.1) is 6.54 Å². The lowest BCUT2D eigenvalue weighted by molar-refractivity contribution is -0.128. The lowest BCUT2D eigenvalue weighted by atomic mass is 9.50. The SMILES string of the molecule is CC(NCC(=O)N(C)C)C1C2CC3CC(C2)CC1C3. The Morgan fingerprint density at radius 1 is 1.11 bits per heavy atom. The Hall–Kier alpha value is -0.570. The molecule has 4 aliphatic carbocycles. The van der Waals surface area contributed by atoms with E-state index < -0.39 is 0 Å². The first-order valence-electron chi connectivity index (χ1n) is 7.98. The van der Waals surface area contributed by atoms with Gasteiger partial charge in [-0.3, -0.25) is 4.79 Å². The van der Waals surface area contributed by atoms with Crippen LogP contribution < -0.4 is 5.32 Å². The molecule has 0 aromatic heterocycles. The second-order valence-corrected chi connectivity index (χ2v) is 7.47. The minimum Gasteiger partial charge on any atom is -0.348 e. The monoisotopic (exact) mass is 264 g/mol. The minimum atomic E-state index is 0.190. The van der Waals surface area contributed by atoms with Crippen LogP contribution in [0.1, 0.15) is 39.0 Å². The topological polar surface area (TPSA) is 32.3 Å². The summed E-state index contributed by atoms with van der Waals surface area (Å²) in [5, 5.41) is 3.50. The molecule has 4 fully saturated rings. The van der Waals surface area contributed by atoms with E-state index in [9.17, 15) is 4.79 Å². The third kappa shape index (κ3) is 2.54. The van der Waals surface area contributed by atoms with Crippen molar-refractivity contribution in [3.63, 3.8) is 0 Å². The molecule has 0 heterocycles. The Kier molecular flexibility index (Phi) is 3.59. The lowest BCUT2D eigenvalue weighted by Gasteiger charge is -2.56. The van der Waals surface area contributed by atoms with Crippen LogP contribution in [0.4, 0.5) is 0 Å².